The Morgan fingerprint density at radius 3 is 2.81 bits per heavy atom. The van der Waals surface area contributed by atoms with Gasteiger partial charge in [0, 0.05) is 32.3 Å². The molecule has 1 aliphatic rings. The molecular weight excluding hydrogens is 343 g/mol. The summed E-state index contributed by atoms with van der Waals surface area (Å²) in [6.45, 7) is 4.48. The van der Waals surface area contributed by atoms with Crippen LogP contribution in [0.1, 0.15) is 23.2 Å². The van der Waals surface area contributed by atoms with Crippen molar-refractivity contribution in [1.82, 2.24) is 10.2 Å². The van der Waals surface area contributed by atoms with Crippen LogP contribution in [0.2, 0.25) is 0 Å². The maximum absolute atomic E-state index is 13.1. The molecule has 4 nitrogen and oxygen atoms in total. The lowest BCUT2D eigenvalue weighted by atomic mass is 9.97. The third-order valence-electron chi connectivity index (χ3n) is 5.07. The molecule has 0 unspecified atom stereocenters. The summed E-state index contributed by atoms with van der Waals surface area (Å²) < 4.78 is 18.3. The Morgan fingerprint density at radius 1 is 1.22 bits per heavy atom. The van der Waals surface area contributed by atoms with Gasteiger partial charge in [-0.2, -0.15) is 0 Å². The molecule has 2 aromatic carbocycles. The van der Waals surface area contributed by atoms with E-state index >= 15 is 0 Å². The highest BCUT2D eigenvalue weighted by atomic mass is 19.1. The predicted octanol–water partition coefficient (Wildman–Crippen LogP) is 3.58. The minimum atomic E-state index is -0.264. The second-order valence-electron chi connectivity index (χ2n) is 7.10. The fraction of sp³-hybridized carbons (Fsp3) is 0.409. The van der Waals surface area contributed by atoms with Crippen LogP contribution in [0.5, 0.6) is 0 Å². The van der Waals surface area contributed by atoms with Crippen molar-refractivity contribution in [3.05, 3.63) is 59.9 Å². The van der Waals surface area contributed by atoms with Gasteiger partial charge in [0.05, 0.1) is 6.61 Å². The maximum Gasteiger partial charge on any atom is 0.251 e. The summed E-state index contributed by atoms with van der Waals surface area (Å²) in [7, 11) is 1.72. The van der Waals surface area contributed by atoms with Crippen molar-refractivity contribution < 1.29 is 13.9 Å². The van der Waals surface area contributed by atoms with E-state index in [9.17, 15) is 9.18 Å². The molecule has 2 aromatic rings. The van der Waals surface area contributed by atoms with Crippen LogP contribution in [0, 0.1) is 11.7 Å². The number of piperidine rings is 1. The monoisotopic (exact) mass is 370 g/mol. The number of benzene rings is 2. The van der Waals surface area contributed by atoms with Crippen LogP contribution in [0.15, 0.2) is 48.5 Å². The van der Waals surface area contributed by atoms with Gasteiger partial charge in [-0.1, -0.05) is 24.3 Å². The highest BCUT2D eigenvalue weighted by Crippen LogP contribution is 2.21. The highest BCUT2D eigenvalue weighted by Gasteiger charge is 2.20. The maximum atomic E-state index is 13.1. The van der Waals surface area contributed by atoms with Crippen LogP contribution < -0.4 is 5.32 Å². The van der Waals surface area contributed by atoms with Gasteiger partial charge in [-0.3, -0.25) is 4.79 Å². The van der Waals surface area contributed by atoms with Crippen molar-refractivity contribution in [2.45, 2.75) is 12.8 Å². The third kappa shape index (κ3) is 5.62. The van der Waals surface area contributed by atoms with Crippen molar-refractivity contribution in [1.29, 1.82) is 0 Å². The summed E-state index contributed by atoms with van der Waals surface area (Å²) >= 11 is 0. The van der Waals surface area contributed by atoms with E-state index in [1.54, 1.807) is 19.2 Å². The molecule has 144 valence electrons. The molecule has 1 atom stereocenters. The fourth-order valence-corrected chi connectivity index (χ4v) is 3.56. The lowest BCUT2D eigenvalue weighted by molar-refractivity contribution is 0.0913. The van der Waals surface area contributed by atoms with Gasteiger partial charge in [-0.25, -0.2) is 4.39 Å². The molecule has 0 aromatic heterocycles. The smallest absolute Gasteiger partial charge is 0.251 e. The fourth-order valence-electron chi connectivity index (χ4n) is 3.56. The number of amides is 1. The van der Waals surface area contributed by atoms with Gasteiger partial charge in [-0.15, -0.1) is 0 Å². The zero-order valence-electron chi connectivity index (χ0n) is 15.8. The number of carbonyl (C=O) groups excluding carboxylic acids is 1. The van der Waals surface area contributed by atoms with E-state index in [2.05, 4.69) is 10.2 Å². The minimum absolute atomic E-state index is 0.0621. The number of nitrogens with one attached hydrogen (secondary N) is 1. The molecule has 1 N–H and O–H groups in total. The summed E-state index contributed by atoms with van der Waals surface area (Å²) in [6.07, 6.45) is 2.30. The number of rotatable bonds is 7. The first kappa shape index (κ1) is 19.5. The van der Waals surface area contributed by atoms with Gasteiger partial charge >= 0.3 is 0 Å². The summed E-state index contributed by atoms with van der Waals surface area (Å²) in [5.41, 5.74) is 2.43. The molecule has 0 aliphatic carbocycles. The molecule has 0 bridgehead atoms. The number of nitrogens with zero attached hydrogens (tertiary/aromatic N) is 1. The van der Waals surface area contributed by atoms with Crippen LogP contribution >= 0.6 is 0 Å². The molecule has 1 heterocycles. The highest BCUT2D eigenvalue weighted by molar-refractivity contribution is 5.95. The first-order valence-corrected chi connectivity index (χ1v) is 9.51. The molecule has 0 saturated carbocycles. The van der Waals surface area contributed by atoms with E-state index in [0.29, 0.717) is 18.0 Å². The number of hydrogen-bond donors (Lipinski definition) is 1. The molecule has 1 fully saturated rings. The van der Waals surface area contributed by atoms with E-state index in [1.165, 1.54) is 12.1 Å². The third-order valence-corrected chi connectivity index (χ3v) is 5.07. The van der Waals surface area contributed by atoms with Crippen molar-refractivity contribution in [3.8, 4) is 11.1 Å². The Hall–Kier alpha value is -2.24. The SMILES string of the molecule is COCCN1CCC[C@@H](CNC(=O)c2cccc(-c3ccc(F)cc3)c2)C1. The number of ether oxygens (including phenoxy) is 1. The van der Waals surface area contributed by atoms with E-state index < -0.39 is 0 Å². The van der Waals surface area contributed by atoms with Gasteiger partial charge in [0.25, 0.3) is 5.91 Å². The summed E-state index contributed by atoms with van der Waals surface area (Å²) in [5, 5.41) is 3.08. The van der Waals surface area contributed by atoms with Gasteiger partial charge in [-0.05, 0) is 60.7 Å². The van der Waals surface area contributed by atoms with Crippen LogP contribution in [0.25, 0.3) is 11.1 Å². The summed E-state index contributed by atoms with van der Waals surface area (Å²) in [5.74, 6) is 0.146. The first-order valence-electron chi connectivity index (χ1n) is 9.51. The molecule has 27 heavy (non-hydrogen) atoms. The molecule has 0 radical (unpaired) electrons. The Morgan fingerprint density at radius 2 is 2.04 bits per heavy atom. The largest absolute Gasteiger partial charge is 0.383 e. The predicted molar refractivity (Wildman–Crippen MR) is 105 cm³/mol. The Kier molecular flexibility index (Phi) is 6.96. The van der Waals surface area contributed by atoms with Gasteiger partial charge in [0.1, 0.15) is 5.82 Å². The first-order chi connectivity index (χ1) is 13.2. The van der Waals surface area contributed by atoms with Gasteiger partial charge in [0.2, 0.25) is 0 Å². The molecule has 3 rings (SSSR count). The average Bonchev–Trinajstić information content (AvgIpc) is 2.71. The van der Waals surface area contributed by atoms with Gasteiger partial charge in [0.15, 0.2) is 0 Å². The second-order valence-corrected chi connectivity index (χ2v) is 7.10. The lowest BCUT2D eigenvalue weighted by Crippen LogP contribution is -2.42. The van der Waals surface area contributed by atoms with Crippen molar-refractivity contribution in [3.63, 3.8) is 0 Å². The number of methoxy groups -OCH3 is 1. The Bertz CT molecular complexity index is 748. The molecule has 1 saturated heterocycles. The van der Waals surface area contributed by atoms with Crippen LogP contribution in [-0.4, -0.2) is 50.7 Å². The second kappa shape index (κ2) is 9.62. The van der Waals surface area contributed by atoms with Crippen LogP contribution in [-0.2, 0) is 4.74 Å². The number of hydrogen-bond acceptors (Lipinski definition) is 3. The zero-order chi connectivity index (χ0) is 19.1. The molecular formula is C22H27FN2O2. The average molecular weight is 370 g/mol. The quantitative estimate of drug-likeness (QED) is 0.810. The number of halogens is 1. The standard InChI is InChI=1S/C22H27FN2O2/c1-27-13-12-25-11-3-4-17(16-25)15-24-22(26)20-6-2-5-19(14-20)18-7-9-21(23)10-8-18/h2,5-10,14,17H,3-4,11-13,15-16H2,1H3,(H,24,26)/t17-/m0/s1. The lowest BCUT2D eigenvalue weighted by Gasteiger charge is -2.32. The number of likely N-dealkylation sites (tertiary alicyclic amines) is 1. The van der Waals surface area contributed by atoms with Crippen LogP contribution in [0.4, 0.5) is 4.39 Å². The topological polar surface area (TPSA) is 41.6 Å². The molecule has 0 spiro atoms. The van der Waals surface area contributed by atoms with E-state index in [4.69, 9.17) is 4.74 Å². The van der Waals surface area contributed by atoms with Crippen LogP contribution in [0.3, 0.4) is 0 Å². The van der Waals surface area contributed by atoms with E-state index in [0.717, 1.165) is 50.2 Å². The molecule has 1 aliphatic heterocycles. The van der Waals surface area contributed by atoms with Crippen molar-refractivity contribution in [2.24, 2.45) is 5.92 Å². The normalized spacial score (nSPS) is 17.6. The van der Waals surface area contributed by atoms with Crippen molar-refractivity contribution >= 4 is 5.91 Å². The summed E-state index contributed by atoms with van der Waals surface area (Å²) in [4.78, 5) is 15.0. The number of carbonyl (C=O) groups is 1. The minimum Gasteiger partial charge on any atom is -0.383 e. The van der Waals surface area contributed by atoms with Crippen molar-refractivity contribution in [2.75, 3.05) is 39.9 Å². The van der Waals surface area contributed by atoms with E-state index in [1.807, 2.05) is 24.3 Å². The summed E-state index contributed by atoms with van der Waals surface area (Å²) in [6, 6.07) is 13.8. The van der Waals surface area contributed by atoms with Gasteiger partial charge < -0.3 is 15.0 Å². The molecule has 5 heteroatoms. The zero-order valence-corrected chi connectivity index (χ0v) is 15.8. The van der Waals surface area contributed by atoms with E-state index in [-0.39, 0.29) is 11.7 Å². The Labute approximate surface area is 160 Å². The Balaban J connectivity index is 1.56. The molecule has 1 amide bonds.